The number of carbonyl (C=O) groups excluding carboxylic acids is 1. The Bertz CT molecular complexity index is 973. The number of hydrogen-bond donors (Lipinski definition) is 1. The standard InChI is InChI=1S/C23H29FN2O4S/c1-18-11-13-20(14-12-18)31(28,29)26(22-10-5-4-9-21(22)24)17-23(27)25-15-6-16-30-19-7-2-3-8-19/h4-5,9-14,19H,2-3,6-8,15-17H2,1H3,(H,25,27). The van der Waals surface area contributed by atoms with Crippen molar-refractivity contribution in [3.63, 3.8) is 0 Å². The highest BCUT2D eigenvalue weighted by Gasteiger charge is 2.29. The second-order valence-electron chi connectivity index (χ2n) is 7.76. The monoisotopic (exact) mass is 448 g/mol. The van der Waals surface area contributed by atoms with Gasteiger partial charge in [-0.1, -0.05) is 42.7 Å². The molecule has 1 N–H and O–H groups in total. The number of sulfonamides is 1. The molecule has 1 aliphatic carbocycles. The van der Waals surface area contributed by atoms with Crippen LogP contribution in [-0.2, 0) is 19.6 Å². The topological polar surface area (TPSA) is 75.7 Å². The van der Waals surface area contributed by atoms with Gasteiger partial charge in [-0.25, -0.2) is 12.8 Å². The summed E-state index contributed by atoms with van der Waals surface area (Å²) in [5, 5.41) is 2.71. The van der Waals surface area contributed by atoms with Gasteiger partial charge >= 0.3 is 0 Å². The van der Waals surface area contributed by atoms with E-state index < -0.39 is 28.3 Å². The largest absolute Gasteiger partial charge is 0.378 e. The van der Waals surface area contributed by atoms with Crippen molar-refractivity contribution < 1.29 is 22.3 Å². The number of anilines is 1. The predicted octanol–water partition coefficient (Wildman–Crippen LogP) is 3.79. The van der Waals surface area contributed by atoms with Crippen LogP contribution in [0.15, 0.2) is 53.4 Å². The van der Waals surface area contributed by atoms with Gasteiger partial charge in [-0.3, -0.25) is 9.10 Å². The molecule has 2 aromatic rings. The van der Waals surface area contributed by atoms with Crippen molar-refractivity contribution in [2.24, 2.45) is 0 Å². The molecular weight excluding hydrogens is 419 g/mol. The number of halogens is 1. The van der Waals surface area contributed by atoms with Crippen LogP contribution < -0.4 is 9.62 Å². The number of hydrogen-bond acceptors (Lipinski definition) is 4. The zero-order valence-electron chi connectivity index (χ0n) is 17.7. The summed E-state index contributed by atoms with van der Waals surface area (Å²) in [5.41, 5.74) is 0.733. The van der Waals surface area contributed by atoms with Crippen molar-refractivity contribution in [1.29, 1.82) is 0 Å². The van der Waals surface area contributed by atoms with Crippen molar-refractivity contribution in [2.75, 3.05) is 24.0 Å². The van der Waals surface area contributed by atoms with Crippen molar-refractivity contribution >= 4 is 21.6 Å². The maximum Gasteiger partial charge on any atom is 0.264 e. The van der Waals surface area contributed by atoms with E-state index in [0.717, 1.165) is 22.7 Å². The minimum atomic E-state index is -4.13. The van der Waals surface area contributed by atoms with Crippen LogP contribution in [0, 0.1) is 12.7 Å². The minimum absolute atomic E-state index is 0.000818. The van der Waals surface area contributed by atoms with Gasteiger partial charge in [0.1, 0.15) is 12.4 Å². The Morgan fingerprint density at radius 3 is 2.48 bits per heavy atom. The van der Waals surface area contributed by atoms with Gasteiger partial charge < -0.3 is 10.1 Å². The van der Waals surface area contributed by atoms with Gasteiger partial charge in [0, 0.05) is 13.2 Å². The van der Waals surface area contributed by atoms with Crippen molar-refractivity contribution in [3.8, 4) is 0 Å². The smallest absolute Gasteiger partial charge is 0.264 e. The van der Waals surface area contributed by atoms with E-state index in [1.165, 1.54) is 49.2 Å². The van der Waals surface area contributed by atoms with Gasteiger partial charge in [-0.2, -0.15) is 0 Å². The Kier molecular flexibility index (Phi) is 8.03. The molecule has 8 heteroatoms. The Hall–Kier alpha value is -2.45. The minimum Gasteiger partial charge on any atom is -0.378 e. The molecule has 2 aromatic carbocycles. The quantitative estimate of drug-likeness (QED) is 0.561. The van der Waals surface area contributed by atoms with E-state index in [0.29, 0.717) is 25.7 Å². The zero-order valence-corrected chi connectivity index (χ0v) is 18.5. The predicted molar refractivity (Wildman–Crippen MR) is 118 cm³/mol. The second kappa shape index (κ2) is 10.7. The van der Waals surface area contributed by atoms with Crippen LogP contribution >= 0.6 is 0 Å². The summed E-state index contributed by atoms with van der Waals surface area (Å²) >= 11 is 0. The Balaban J connectivity index is 1.66. The molecule has 0 heterocycles. The number of ether oxygens (including phenoxy) is 1. The summed E-state index contributed by atoms with van der Waals surface area (Å²) in [4.78, 5) is 12.5. The molecule has 0 aromatic heterocycles. The Morgan fingerprint density at radius 1 is 1.13 bits per heavy atom. The zero-order chi connectivity index (χ0) is 22.3. The highest BCUT2D eigenvalue weighted by molar-refractivity contribution is 7.92. The molecule has 168 valence electrons. The fourth-order valence-electron chi connectivity index (χ4n) is 3.58. The summed E-state index contributed by atoms with van der Waals surface area (Å²) < 4.78 is 47.5. The average Bonchev–Trinajstić information content (AvgIpc) is 3.26. The number of aryl methyl sites for hydroxylation is 1. The van der Waals surface area contributed by atoms with Crippen LogP contribution in [0.1, 0.15) is 37.7 Å². The Labute approximate surface area is 183 Å². The number of nitrogens with zero attached hydrogens (tertiary/aromatic N) is 1. The summed E-state index contributed by atoms with van der Waals surface area (Å²) in [7, 11) is -4.13. The lowest BCUT2D eigenvalue weighted by atomic mass is 10.2. The van der Waals surface area contributed by atoms with E-state index in [4.69, 9.17) is 4.74 Å². The maximum absolute atomic E-state index is 14.4. The molecule has 0 unspecified atom stereocenters. The van der Waals surface area contributed by atoms with Gasteiger partial charge in [-0.15, -0.1) is 0 Å². The molecule has 1 fully saturated rings. The molecule has 1 saturated carbocycles. The van der Waals surface area contributed by atoms with E-state index >= 15 is 0 Å². The SMILES string of the molecule is Cc1ccc(S(=O)(=O)N(CC(=O)NCCCOC2CCCC2)c2ccccc2F)cc1. The number of amides is 1. The van der Waals surface area contributed by atoms with Crippen LogP contribution in [0.5, 0.6) is 0 Å². The highest BCUT2D eigenvalue weighted by atomic mass is 32.2. The van der Waals surface area contributed by atoms with Gasteiger partial charge in [0.2, 0.25) is 5.91 Å². The molecule has 0 saturated heterocycles. The summed E-state index contributed by atoms with van der Waals surface area (Å²) in [6.07, 6.45) is 5.51. The highest BCUT2D eigenvalue weighted by Crippen LogP contribution is 2.26. The third-order valence-corrected chi connectivity index (χ3v) is 7.09. The molecule has 0 bridgehead atoms. The fourth-order valence-corrected chi connectivity index (χ4v) is 5.01. The number of carbonyl (C=O) groups is 1. The van der Waals surface area contributed by atoms with Crippen LogP contribution in [0.4, 0.5) is 10.1 Å². The number of benzene rings is 2. The van der Waals surface area contributed by atoms with Gasteiger partial charge in [0.15, 0.2) is 0 Å². The normalized spacial score (nSPS) is 14.5. The first kappa shape index (κ1) is 23.2. The molecule has 0 atom stereocenters. The molecule has 0 radical (unpaired) electrons. The summed E-state index contributed by atoms with van der Waals surface area (Å²) in [6, 6.07) is 11.8. The van der Waals surface area contributed by atoms with Crippen molar-refractivity contribution in [1.82, 2.24) is 5.32 Å². The molecule has 1 aliphatic rings. The molecular formula is C23H29FN2O4S. The molecule has 0 aliphatic heterocycles. The van der Waals surface area contributed by atoms with Gasteiger partial charge in [0.25, 0.3) is 10.0 Å². The number of para-hydroxylation sites is 1. The lowest BCUT2D eigenvalue weighted by Gasteiger charge is -2.24. The van der Waals surface area contributed by atoms with E-state index in [1.807, 2.05) is 6.92 Å². The van der Waals surface area contributed by atoms with E-state index in [9.17, 15) is 17.6 Å². The number of nitrogens with one attached hydrogen (secondary N) is 1. The summed E-state index contributed by atoms with van der Waals surface area (Å²) in [5.74, 6) is -1.21. The average molecular weight is 449 g/mol. The lowest BCUT2D eigenvalue weighted by molar-refractivity contribution is -0.119. The molecule has 6 nitrogen and oxygen atoms in total. The molecule has 3 rings (SSSR count). The van der Waals surface area contributed by atoms with Gasteiger partial charge in [-0.05, 0) is 50.5 Å². The third kappa shape index (κ3) is 6.27. The molecule has 31 heavy (non-hydrogen) atoms. The van der Waals surface area contributed by atoms with Crippen molar-refractivity contribution in [3.05, 3.63) is 59.9 Å². The summed E-state index contributed by atoms with van der Waals surface area (Å²) in [6.45, 7) is 2.24. The van der Waals surface area contributed by atoms with Crippen LogP contribution in [0.2, 0.25) is 0 Å². The van der Waals surface area contributed by atoms with Gasteiger partial charge in [0.05, 0.1) is 16.7 Å². The van der Waals surface area contributed by atoms with Crippen molar-refractivity contribution in [2.45, 2.75) is 50.0 Å². The fraction of sp³-hybridized carbons (Fsp3) is 0.435. The maximum atomic E-state index is 14.4. The van der Waals surface area contributed by atoms with Crippen LogP contribution in [0.3, 0.4) is 0 Å². The lowest BCUT2D eigenvalue weighted by Crippen LogP contribution is -2.41. The first-order valence-corrected chi connectivity index (χ1v) is 12.0. The third-order valence-electron chi connectivity index (χ3n) is 5.32. The second-order valence-corrected chi connectivity index (χ2v) is 9.62. The van der Waals surface area contributed by atoms with E-state index in [-0.39, 0.29) is 10.6 Å². The molecule has 1 amide bonds. The van der Waals surface area contributed by atoms with E-state index in [1.54, 1.807) is 12.1 Å². The molecule has 0 spiro atoms. The van der Waals surface area contributed by atoms with Crippen LogP contribution in [-0.4, -0.2) is 40.1 Å². The Morgan fingerprint density at radius 2 is 1.81 bits per heavy atom. The first-order valence-electron chi connectivity index (χ1n) is 10.6. The van der Waals surface area contributed by atoms with Crippen LogP contribution in [0.25, 0.3) is 0 Å². The number of rotatable bonds is 10. The van der Waals surface area contributed by atoms with E-state index in [2.05, 4.69) is 5.32 Å². The first-order chi connectivity index (χ1) is 14.9.